The Hall–Kier alpha value is -2.12. The third kappa shape index (κ3) is 7.01. The highest BCUT2D eigenvalue weighted by molar-refractivity contribution is 6.17. The lowest BCUT2D eigenvalue weighted by Crippen LogP contribution is -2.47. The second-order valence-corrected chi connectivity index (χ2v) is 6.45. The van der Waals surface area contributed by atoms with Gasteiger partial charge in [0.25, 0.3) is 5.41 Å². The summed E-state index contributed by atoms with van der Waals surface area (Å²) in [5.41, 5.74) is -2.31. The number of aliphatic carboxylic acids is 2. The predicted molar refractivity (Wildman–Crippen MR) is 92.5 cm³/mol. The summed E-state index contributed by atoms with van der Waals surface area (Å²) >= 11 is 0. The molecule has 0 aliphatic heterocycles. The first-order chi connectivity index (χ1) is 12.2. The number of unbranched alkanes of at least 4 members (excludes halogenated alkanes) is 6. The largest absolute Gasteiger partial charge is 0.481 e. The van der Waals surface area contributed by atoms with Crippen molar-refractivity contribution in [2.24, 2.45) is 11.3 Å². The zero-order valence-electron chi connectivity index (χ0n) is 15.8. The van der Waals surface area contributed by atoms with Gasteiger partial charge >= 0.3 is 23.9 Å². The molecule has 1 atom stereocenters. The number of carbonyl (C=O) groups is 4. The summed E-state index contributed by atoms with van der Waals surface area (Å²) in [7, 11) is 2.07. The van der Waals surface area contributed by atoms with E-state index >= 15 is 0 Å². The molecule has 0 aliphatic carbocycles. The Morgan fingerprint density at radius 1 is 0.808 bits per heavy atom. The van der Waals surface area contributed by atoms with Crippen molar-refractivity contribution in [3.63, 3.8) is 0 Å². The monoisotopic (exact) mass is 374 g/mol. The quantitative estimate of drug-likeness (QED) is 0.270. The van der Waals surface area contributed by atoms with Crippen molar-refractivity contribution in [2.45, 2.75) is 64.7 Å². The van der Waals surface area contributed by atoms with Gasteiger partial charge in [-0.25, -0.2) is 0 Å². The Labute approximate surface area is 153 Å². The van der Waals surface area contributed by atoms with Crippen LogP contribution in [0.1, 0.15) is 64.7 Å². The van der Waals surface area contributed by atoms with Gasteiger partial charge in [0.05, 0.1) is 20.1 Å². The van der Waals surface area contributed by atoms with Crippen molar-refractivity contribution >= 4 is 23.9 Å². The molecule has 0 bridgehead atoms. The molecular weight excluding hydrogens is 344 g/mol. The highest BCUT2D eigenvalue weighted by Crippen LogP contribution is 2.29. The van der Waals surface area contributed by atoms with Gasteiger partial charge in [-0.3, -0.25) is 19.2 Å². The average molecular weight is 374 g/mol. The SMILES string of the molecule is COC(=O)C(CCCCCCCCCC(C)C(=O)O)(C(=O)O)C(=O)OC. The minimum atomic E-state index is -2.31. The fourth-order valence-corrected chi connectivity index (χ4v) is 2.77. The second-order valence-electron chi connectivity index (χ2n) is 6.45. The molecule has 0 aromatic rings. The molecule has 0 aromatic carbocycles. The van der Waals surface area contributed by atoms with Crippen LogP contribution in [0, 0.1) is 11.3 Å². The number of carboxylic acids is 2. The highest BCUT2D eigenvalue weighted by Gasteiger charge is 2.55. The van der Waals surface area contributed by atoms with E-state index in [1.807, 2.05) is 0 Å². The van der Waals surface area contributed by atoms with Gasteiger partial charge in [-0.05, 0) is 12.8 Å². The van der Waals surface area contributed by atoms with Crippen molar-refractivity contribution in [3.05, 3.63) is 0 Å². The fraction of sp³-hybridized carbons (Fsp3) is 0.778. The molecule has 2 N–H and O–H groups in total. The fourth-order valence-electron chi connectivity index (χ4n) is 2.77. The van der Waals surface area contributed by atoms with Crippen LogP contribution in [-0.4, -0.2) is 48.3 Å². The van der Waals surface area contributed by atoms with Crippen molar-refractivity contribution in [3.8, 4) is 0 Å². The number of hydrogen-bond acceptors (Lipinski definition) is 6. The molecule has 1 unspecified atom stereocenters. The molecule has 0 spiro atoms. The Balaban J connectivity index is 4.22. The van der Waals surface area contributed by atoms with Crippen LogP contribution in [0.5, 0.6) is 0 Å². The van der Waals surface area contributed by atoms with E-state index < -0.39 is 29.3 Å². The minimum absolute atomic E-state index is 0.169. The number of esters is 2. The van der Waals surface area contributed by atoms with E-state index in [-0.39, 0.29) is 12.3 Å². The van der Waals surface area contributed by atoms with Gasteiger partial charge in [0.2, 0.25) is 0 Å². The molecular formula is C18H30O8. The zero-order chi connectivity index (χ0) is 20.2. The molecule has 150 valence electrons. The summed E-state index contributed by atoms with van der Waals surface area (Å²) in [5, 5.41) is 18.2. The van der Waals surface area contributed by atoms with Crippen LogP contribution in [0.15, 0.2) is 0 Å². The van der Waals surface area contributed by atoms with Crippen LogP contribution in [0.25, 0.3) is 0 Å². The van der Waals surface area contributed by atoms with Gasteiger partial charge in [-0.1, -0.05) is 51.9 Å². The van der Waals surface area contributed by atoms with Gasteiger partial charge < -0.3 is 19.7 Å². The van der Waals surface area contributed by atoms with E-state index in [0.717, 1.165) is 46.3 Å². The zero-order valence-corrected chi connectivity index (χ0v) is 15.8. The van der Waals surface area contributed by atoms with E-state index in [1.165, 1.54) is 0 Å². The standard InChI is InChI=1S/C18H30O8/c1-13(14(19)20)11-9-7-5-4-6-8-10-12-18(15(21)22,16(23)25-2)17(24)26-3/h13H,4-12H2,1-3H3,(H,19,20)(H,21,22). The molecule has 8 nitrogen and oxygen atoms in total. The average Bonchev–Trinajstić information content (AvgIpc) is 2.61. The predicted octanol–water partition coefficient (Wildman–Crippen LogP) is 2.64. The third-order valence-electron chi connectivity index (χ3n) is 4.54. The van der Waals surface area contributed by atoms with Crippen LogP contribution < -0.4 is 0 Å². The first-order valence-electron chi connectivity index (χ1n) is 8.87. The molecule has 0 rings (SSSR count). The van der Waals surface area contributed by atoms with E-state index in [4.69, 9.17) is 5.11 Å². The number of ether oxygens (including phenoxy) is 2. The number of carbonyl (C=O) groups excluding carboxylic acids is 2. The molecule has 0 aromatic heterocycles. The maximum Gasteiger partial charge on any atom is 0.334 e. The first-order valence-corrected chi connectivity index (χ1v) is 8.87. The normalized spacial score (nSPS) is 12.3. The first kappa shape index (κ1) is 23.9. The topological polar surface area (TPSA) is 127 Å². The summed E-state index contributed by atoms with van der Waals surface area (Å²) in [6.45, 7) is 1.69. The summed E-state index contributed by atoms with van der Waals surface area (Å²) in [6, 6.07) is 0. The molecule has 0 saturated carbocycles. The Bertz CT molecular complexity index is 470. The second kappa shape index (κ2) is 12.3. The Morgan fingerprint density at radius 3 is 1.62 bits per heavy atom. The minimum Gasteiger partial charge on any atom is -0.481 e. The molecule has 26 heavy (non-hydrogen) atoms. The summed E-state index contributed by atoms with van der Waals surface area (Å²) in [4.78, 5) is 46.0. The molecule has 0 heterocycles. The van der Waals surface area contributed by atoms with Crippen molar-refractivity contribution < 1.29 is 38.9 Å². The van der Waals surface area contributed by atoms with Gasteiger partial charge in [-0.2, -0.15) is 0 Å². The summed E-state index contributed by atoms with van der Waals surface area (Å²) in [5.74, 6) is -4.91. The Morgan fingerprint density at radius 2 is 1.23 bits per heavy atom. The summed E-state index contributed by atoms with van der Waals surface area (Å²) in [6.07, 6.45) is 6.09. The number of methoxy groups -OCH3 is 2. The molecule has 0 amide bonds. The van der Waals surface area contributed by atoms with Gasteiger partial charge in [0.15, 0.2) is 0 Å². The third-order valence-corrected chi connectivity index (χ3v) is 4.54. The molecule has 0 radical (unpaired) electrons. The maximum absolute atomic E-state index is 11.9. The van der Waals surface area contributed by atoms with Crippen LogP contribution >= 0.6 is 0 Å². The lowest BCUT2D eigenvalue weighted by Gasteiger charge is -2.23. The molecule has 0 aliphatic rings. The number of carboxylic acid groups (broad SMARTS) is 2. The van der Waals surface area contributed by atoms with Crippen molar-refractivity contribution in [2.75, 3.05) is 14.2 Å². The Kier molecular flexibility index (Phi) is 11.3. The number of hydrogen-bond donors (Lipinski definition) is 2. The number of rotatable bonds is 14. The van der Waals surface area contributed by atoms with E-state index in [9.17, 15) is 24.3 Å². The lowest BCUT2D eigenvalue weighted by atomic mass is 9.82. The van der Waals surface area contributed by atoms with E-state index in [0.29, 0.717) is 19.3 Å². The molecule has 0 fully saturated rings. The van der Waals surface area contributed by atoms with Crippen LogP contribution in [0.3, 0.4) is 0 Å². The van der Waals surface area contributed by atoms with E-state index in [2.05, 4.69) is 9.47 Å². The van der Waals surface area contributed by atoms with Crippen LogP contribution in [0.2, 0.25) is 0 Å². The van der Waals surface area contributed by atoms with Crippen molar-refractivity contribution in [1.82, 2.24) is 0 Å². The lowest BCUT2D eigenvalue weighted by molar-refractivity contribution is -0.179. The van der Waals surface area contributed by atoms with Gasteiger partial charge in [0, 0.05) is 0 Å². The van der Waals surface area contributed by atoms with Crippen LogP contribution in [0.4, 0.5) is 0 Å². The molecule has 0 saturated heterocycles. The van der Waals surface area contributed by atoms with Crippen LogP contribution in [-0.2, 0) is 28.7 Å². The van der Waals surface area contributed by atoms with Gasteiger partial charge in [0.1, 0.15) is 0 Å². The summed E-state index contributed by atoms with van der Waals surface area (Å²) < 4.78 is 8.99. The smallest absolute Gasteiger partial charge is 0.334 e. The highest BCUT2D eigenvalue weighted by atomic mass is 16.5. The van der Waals surface area contributed by atoms with E-state index in [1.54, 1.807) is 6.92 Å². The maximum atomic E-state index is 11.9. The van der Waals surface area contributed by atoms with Gasteiger partial charge in [-0.15, -0.1) is 0 Å². The molecule has 8 heteroatoms. The van der Waals surface area contributed by atoms with Crippen molar-refractivity contribution in [1.29, 1.82) is 0 Å².